The molecule has 1 aliphatic rings. The Kier molecular flexibility index (Phi) is 7.01. The van der Waals surface area contributed by atoms with Gasteiger partial charge < -0.3 is 5.21 Å². The largest absolute Gasteiger partial charge is 0.411 e. The molecular formula is C19H23N5OS. The fraction of sp³-hybridized carbons (Fsp3) is 0.368. The molecule has 0 unspecified atom stereocenters. The van der Waals surface area contributed by atoms with Crippen molar-refractivity contribution in [2.75, 3.05) is 0 Å². The third kappa shape index (κ3) is 5.05. The number of nitrogens with zero attached hydrogens (tertiary/aromatic N) is 5. The number of para-hydroxylation sites is 1. The second kappa shape index (κ2) is 9.91. The van der Waals surface area contributed by atoms with Gasteiger partial charge in [-0.05, 0) is 61.1 Å². The van der Waals surface area contributed by atoms with Gasteiger partial charge in [-0.1, -0.05) is 59.4 Å². The number of aromatic nitrogens is 4. The van der Waals surface area contributed by atoms with Crippen molar-refractivity contribution in [1.29, 1.82) is 0 Å². The molecule has 0 aliphatic heterocycles. The number of oxime groups is 1. The van der Waals surface area contributed by atoms with Crippen molar-refractivity contribution >= 4 is 17.5 Å². The number of rotatable bonds is 3. The Hall–Kier alpha value is -2.41. The molecule has 1 aliphatic carbocycles. The zero-order valence-corrected chi connectivity index (χ0v) is 15.4. The van der Waals surface area contributed by atoms with E-state index in [2.05, 4.69) is 45.0 Å². The molecule has 7 heteroatoms. The van der Waals surface area contributed by atoms with Crippen LogP contribution in [-0.4, -0.2) is 36.4 Å². The lowest BCUT2D eigenvalue weighted by molar-refractivity contribution is 0.316. The number of hydrogen-bond donors (Lipinski definition) is 1. The predicted octanol–water partition coefficient (Wildman–Crippen LogP) is 4.42. The molecule has 6 nitrogen and oxygen atoms in total. The van der Waals surface area contributed by atoms with E-state index in [1.165, 1.54) is 0 Å². The topological polar surface area (TPSA) is 76.2 Å². The molecule has 1 aromatic heterocycles. The summed E-state index contributed by atoms with van der Waals surface area (Å²) in [6.07, 6.45) is 14.4. The highest BCUT2D eigenvalue weighted by atomic mass is 32.2. The molecule has 1 heterocycles. The number of thioether (sulfide) groups is 1. The van der Waals surface area contributed by atoms with Gasteiger partial charge in [0.05, 0.1) is 16.6 Å². The monoisotopic (exact) mass is 369 g/mol. The van der Waals surface area contributed by atoms with Crippen molar-refractivity contribution < 1.29 is 5.21 Å². The van der Waals surface area contributed by atoms with E-state index in [4.69, 9.17) is 0 Å². The highest BCUT2D eigenvalue weighted by molar-refractivity contribution is 8.00. The minimum atomic E-state index is 0.0333. The Balaban J connectivity index is 1.80. The van der Waals surface area contributed by atoms with Crippen LogP contribution in [0.5, 0.6) is 0 Å². The SMILES string of the molecule is O/N=C1/CC/C=C/CC/C=C/CC[C@H]1Sc1nnnn1-c1ccccc1. The van der Waals surface area contributed by atoms with Crippen molar-refractivity contribution in [3.8, 4) is 5.69 Å². The third-order valence-electron chi connectivity index (χ3n) is 4.19. The van der Waals surface area contributed by atoms with Crippen LogP contribution in [0.1, 0.15) is 38.5 Å². The Morgan fingerprint density at radius 3 is 2.50 bits per heavy atom. The van der Waals surface area contributed by atoms with Gasteiger partial charge in [0.25, 0.3) is 0 Å². The summed E-state index contributed by atoms with van der Waals surface area (Å²) in [5, 5.41) is 26.0. The smallest absolute Gasteiger partial charge is 0.214 e. The van der Waals surface area contributed by atoms with Gasteiger partial charge in [0.2, 0.25) is 5.16 Å². The molecule has 1 N–H and O–H groups in total. The first-order valence-electron chi connectivity index (χ1n) is 8.90. The van der Waals surface area contributed by atoms with Crippen LogP contribution in [0.2, 0.25) is 0 Å². The average Bonchev–Trinajstić information content (AvgIpc) is 3.13. The van der Waals surface area contributed by atoms with Crippen molar-refractivity contribution in [2.45, 2.75) is 48.9 Å². The molecule has 2 aromatic rings. The van der Waals surface area contributed by atoms with E-state index < -0.39 is 0 Å². The van der Waals surface area contributed by atoms with Crippen LogP contribution in [0.3, 0.4) is 0 Å². The van der Waals surface area contributed by atoms with E-state index in [1.807, 2.05) is 30.3 Å². The van der Waals surface area contributed by atoms with Crippen LogP contribution in [0.4, 0.5) is 0 Å². The molecule has 3 rings (SSSR count). The molecular weight excluding hydrogens is 346 g/mol. The summed E-state index contributed by atoms with van der Waals surface area (Å²) < 4.78 is 1.73. The second-order valence-electron chi connectivity index (χ2n) is 6.04. The summed E-state index contributed by atoms with van der Waals surface area (Å²) in [5.74, 6) is 0. The summed E-state index contributed by atoms with van der Waals surface area (Å²) in [4.78, 5) is 0. The lowest BCUT2D eigenvalue weighted by Gasteiger charge is -2.16. The van der Waals surface area contributed by atoms with E-state index in [-0.39, 0.29) is 5.25 Å². The van der Waals surface area contributed by atoms with Crippen LogP contribution >= 0.6 is 11.8 Å². The highest BCUT2D eigenvalue weighted by Crippen LogP contribution is 2.28. The fourth-order valence-electron chi connectivity index (χ4n) is 2.82. The lowest BCUT2D eigenvalue weighted by atomic mass is 10.1. The Morgan fingerprint density at radius 1 is 1.00 bits per heavy atom. The maximum absolute atomic E-state index is 9.56. The maximum atomic E-state index is 9.56. The van der Waals surface area contributed by atoms with Crippen LogP contribution in [0.15, 0.2) is 64.9 Å². The minimum absolute atomic E-state index is 0.0333. The molecule has 136 valence electrons. The average molecular weight is 369 g/mol. The van der Waals surface area contributed by atoms with Crippen molar-refractivity contribution in [2.24, 2.45) is 5.16 Å². The molecule has 0 fully saturated rings. The molecule has 26 heavy (non-hydrogen) atoms. The Bertz CT molecular complexity index is 769. The van der Waals surface area contributed by atoms with E-state index in [0.717, 1.165) is 49.9 Å². The van der Waals surface area contributed by atoms with E-state index in [0.29, 0.717) is 5.16 Å². The second-order valence-corrected chi connectivity index (χ2v) is 7.21. The first-order chi connectivity index (χ1) is 12.9. The normalized spacial score (nSPS) is 23.1. The van der Waals surface area contributed by atoms with Crippen molar-refractivity contribution in [3.63, 3.8) is 0 Å². The molecule has 0 bridgehead atoms. The quantitative estimate of drug-likeness (QED) is 0.492. The maximum Gasteiger partial charge on any atom is 0.214 e. The van der Waals surface area contributed by atoms with Gasteiger partial charge in [-0.25, -0.2) is 0 Å². The highest BCUT2D eigenvalue weighted by Gasteiger charge is 2.21. The molecule has 1 aromatic carbocycles. The Morgan fingerprint density at radius 2 is 1.73 bits per heavy atom. The van der Waals surface area contributed by atoms with Gasteiger partial charge in [-0.15, -0.1) is 5.10 Å². The molecule has 1 atom stereocenters. The van der Waals surface area contributed by atoms with Gasteiger partial charge in [0, 0.05) is 0 Å². The van der Waals surface area contributed by atoms with E-state index in [1.54, 1.807) is 16.4 Å². The van der Waals surface area contributed by atoms with Gasteiger partial charge in [0.1, 0.15) is 0 Å². The van der Waals surface area contributed by atoms with E-state index >= 15 is 0 Å². The molecule has 0 saturated carbocycles. The summed E-state index contributed by atoms with van der Waals surface area (Å²) in [7, 11) is 0. The zero-order chi connectivity index (χ0) is 18.0. The van der Waals surface area contributed by atoms with Crippen molar-refractivity contribution in [3.05, 3.63) is 54.6 Å². The minimum Gasteiger partial charge on any atom is -0.411 e. The van der Waals surface area contributed by atoms with Gasteiger partial charge in [0.15, 0.2) is 0 Å². The summed E-state index contributed by atoms with van der Waals surface area (Å²) in [5.41, 5.74) is 1.70. The Labute approximate surface area is 157 Å². The standard InChI is InChI=1S/C19H23N5OS/c25-21-17-14-10-5-3-1-2-4-6-11-15-18(17)26-19-20-22-23-24(19)16-12-8-7-9-13-16/h3-9,12-13,18,25H,1-2,10-11,14-15H2/b5-3+,6-4+,21-17-/t18-/m1/s1. The van der Waals surface area contributed by atoms with Crippen LogP contribution < -0.4 is 0 Å². The summed E-state index contributed by atoms with van der Waals surface area (Å²) >= 11 is 1.55. The third-order valence-corrected chi connectivity index (χ3v) is 5.44. The molecule has 0 radical (unpaired) electrons. The van der Waals surface area contributed by atoms with E-state index in [9.17, 15) is 5.21 Å². The first kappa shape index (κ1) is 18.4. The van der Waals surface area contributed by atoms with Crippen LogP contribution in [-0.2, 0) is 0 Å². The number of hydrogen-bond acceptors (Lipinski definition) is 6. The van der Waals surface area contributed by atoms with Crippen LogP contribution in [0.25, 0.3) is 5.69 Å². The molecule has 0 spiro atoms. The number of tetrazole rings is 1. The van der Waals surface area contributed by atoms with Crippen LogP contribution in [0, 0.1) is 0 Å². The van der Waals surface area contributed by atoms with Gasteiger partial charge >= 0.3 is 0 Å². The zero-order valence-electron chi connectivity index (χ0n) is 14.6. The van der Waals surface area contributed by atoms with Crippen molar-refractivity contribution in [1.82, 2.24) is 20.2 Å². The summed E-state index contributed by atoms with van der Waals surface area (Å²) in [6.45, 7) is 0. The first-order valence-corrected chi connectivity index (χ1v) is 9.77. The molecule has 0 saturated heterocycles. The summed E-state index contributed by atoms with van der Waals surface area (Å²) in [6, 6.07) is 9.81. The predicted molar refractivity (Wildman–Crippen MR) is 104 cm³/mol. The lowest BCUT2D eigenvalue weighted by Crippen LogP contribution is -2.18. The molecule has 0 amide bonds. The van der Waals surface area contributed by atoms with Gasteiger partial charge in [-0.3, -0.25) is 0 Å². The number of benzene rings is 1. The fourth-order valence-corrected chi connectivity index (χ4v) is 3.96. The van der Waals surface area contributed by atoms with Gasteiger partial charge in [-0.2, -0.15) is 4.68 Å². The number of allylic oxidation sites excluding steroid dienone is 4.